The van der Waals surface area contributed by atoms with Crippen molar-refractivity contribution in [3.05, 3.63) is 59.7 Å². The van der Waals surface area contributed by atoms with Crippen molar-refractivity contribution in [1.29, 1.82) is 0 Å². The Morgan fingerprint density at radius 3 is 2.59 bits per heavy atom. The van der Waals surface area contributed by atoms with Crippen molar-refractivity contribution in [2.75, 3.05) is 5.32 Å². The van der Waals surface area contributed by atoms with Gasteiger partial charge in [0.15, 0.2) is 5.44 Å². The van der Waals surface area contributed by atoms with Crippen molar-refractivity contribution in [3.63, 3.8) is 0 Å². The van der Waals surface area contributed by atoms with Crippen molar-refractivity contribution >= 4 is 22.5 Å². The predicted molar refractivity (Wildman–Crippen MR) is 83.4 cm³/mol. The molecule has 3 rings (SSSR count). The molecule has 0 saturated heterocycles. The van der Waals surface area contributed by atoms with Gasteiger partial charge in [-0.15, -0.1) is 0 Å². The van der Waals surface area contributed by atoms with Gasteiger partial charge < -0.3 is 15.5 Å². The number of anilines is 1. The van der Waals surface area contributed by atoms with Gasteiger partial charge in [-0.05, 0) is 30.2 Å². The van der Waals surface area contributed by atoms with E-state index in [-0.39, 0.29) is 12.0 Å². The van der Waals surface area contributed by atoms with E-state index in [2.05, 4.69) is 5.32 Å². The summed E-state index contributed by atoms with van der Waals surface area (Å²) in [4.78, 5) is 11.8. The lowest BCUT2D eigenvalue weighted by molar-refractivity contribution is 0.0695. The van der Waals surface area contributed by atoms with E-state index in [1.807, 2.05) is 6.07 Å². The van der Waals surface area contributed by atoms with Crippen LogP contribution in [-0.4, -0.2) is 31.9 Å². The summed E-state index contributed by atoms with van der Waals surface area (Å²) in [5.74, 6) is -1.01. The molecule has 0 aliphatic carbocycles. The minimum Gasteiger partial charge on any atom is -0.478 e. The van der Waals surface area contributed by atoms with E-state index in [1.165, 1.54) is 6.07 Å². The van der Waals surface area contributed by atoms with Crippen LogP contribution >= 0.6 is 0 Å². The minimum absolute atomic E-state index is 0.196. The molecule has 1 aliphatic heterocycles. The van der Waals surface area contributed by atoms with Crippen LogP contribution in [0.2, 0.25) is 0 Å². The third kappa shape index (κ3) is 2.63. The van der Waals surface area contributed by atoms with Crippen molar-refractivity contribution < 1.29 is 19.2 Å². The monoisotopic (exact) mass is 317 g/mol. The molecule has 2 aromatic carbocycles. The van der Waals surface area contributed by atoms with E-state index in [0.717, 1.165) is 0 Å². The average Bonchev–Trinajstić information content (AvgIpc) is 2.52. The fraction of sp³-hybridized carbons (Fsp3) is 0.188. The topological polar surface area (TPSA) is 86.6 Å². The Labute approximate surface area is 130 Å². The maximum atomic E-state index is 12.3. The van der Waals surface area contributed by atoms with Crippen LogP contribution in [0.4, 0.5) is 5.69 Å². The highest BCUT2D eigenvalue weighted by Gasteiger charge is 2.33. The summed E-state index contributed by atoms with van der Waals surface area (Å²) in [7, 11) is -1.54. The van der Waals surface area contributed by atoms with Crippen LogP contribution in [0.3, 0.4) is 0 Å². The van der Waals surface area contributed by atoms with Crippen LogP contribution in [0, 0.1) is 0 Å². The molecule has 1 heterocycles. The zero-order valence-electron chi connectivity index (χ0n) is 11.6. The molecule has 22 heavy (non-hydrogen) atoms. The first-order valence-electron chi connectivity index (χ1n) is 6.83. The lowest BCUT2D eigenvalue weighted by Crippen LogP contribution is -2.42. The summed E-state index contributed by atoms with van der Waals surface area (Å²) < 4.78 is 12.3. The lowest BCUT2D eigenvalue weighted by Gasteiger charge is -2.31. The Morgan fingerprint density at radius 1 is 1.14 bits per heavy atom. The number of hydrogen-bond acceptors (Lipinski definition) is 4. The van der Waals surface area contributed by atoms with Crippen molar-refractivity contribution in [1.82, 2.24) is 0 Å². The van der Waals surface area contributed by atoms with Gasteiger partial charge in [0.1, 0.15) is 0 Å². The minimum atomic E-state index is -1.54. The highest BCUT2D eigenvalue weighted by molar-refractivity contribution is 7.85. The van der Waals surface area contributed by atoms with Gasteiger partial charge in [-0.3, -0.25) is 4.21 Å². The van der Waals surface area contributed by atoms with E-state index in [0.29, 0.717) is 16.1 Å². The number of aromatic carboxylic acids is 1. The van der Waals surface area contributed by atoms with Crippen LogP contribution in [0.5, 0.6) is 0 Å². The number of hydrogen-bond donors (Lipinski definition) is 3. The number of para-hydroxylation sites is 1. The normalized spacial score (nSPS) is 23.4. The highest BCUT2D eigenvalue weighted by Crippen LogP contribution is 2.30. The van der Waals surface area contributed by atoms with Gasteiger partial charge in [-0.2, -0.15) is 0 Å². The lowest BCUT2D eigenvalue weighted by atomic mass is 10.00. The number of carboxylic acids is 1. The first-order chi connectivity index (χ1) is 10.6. The molecule has 3 unspecified atom stereocenters. The van der Waals surface area contributed by atoms with E-state index in [1.54, 1.807) is 36.4 Å². The number of fused-ring (bicyclic) bond motifs is 1. The van der Waals surface area contributed by atoms with Crippen LogP contribution in [0.15, 0.2) is 53.4 Å². The molecule has 1 aliphatic rings. The van der Waals surface area contributed by atoms with Gasteiger partial charge in [0.2, 0.25) is 0 Å². The number of benzene rings is 2. The maximum Gasteiger partial charge on any atom is 0.335 e. The van der Waals surface area contributed by atoms with Crippen LogP contribution < -0.4 is 5.32 Å². The third-order valence-electron chi connectivity index (χ3n) is 3.70. The van der Waals surface area contributed by atoms with Crippen LogP contribution in [-0.2, 0) is 17.2 Å². The number of rotatable bonds is 3. The average molecular weight is 317 g/mol. The summed E-state index contributed by atoms with van der Waals surface area (Å²) in [5.41, 5.74) is 0.421. The molecule has 2 aromatic rings. The van der Waals surface area contributed by atoms with Gasteiger partial charge in [0.25, 0.3) is 0 Å². The molecule has 5 nitrogen and oxygen atoms in total. The maximum absolute atomic E-state index is 12.3. The number of aliphatic hydroxyl groups is 1. The molecular weight excluding hydrogens is 302 g/mol. The third-order valence-corrected chi connectivity index (χ3v) is 5.25. The van der Waals surface area contributed by atoms with Crippen molar-refractivity contribution in [2.24, 2.45) is 0 Å². The Balaban J connectivity index is 1.91. The van der Waals surface area contributed by atoms with E-state index in [4.69, 9.17) is 0 Å². The van der Waals surface area contributed by atoms with Gasteiger partial charge in [-0.25, -0.2) is 4.79 Å². The van der Waals surface area contributed by atoms with Crippen LogP contribution in [0.25, 0.3) is 0 Å². The summed E-state index contributed by atoms with van der Waals surface area (Å²) in [5, 5.41) is 22.6. The molecular formula is C16H15NO4S. The molecule has 3 N–H and O–H groups in total. The summed E-state index contributed by atoms with van der Waals surface area (Å²) in [6.07, 6.45) is 0.281. The van der Waals surface area contributed by atoms with Crippen molar-refractivity contribution in [3.8, 4) is 0 Å². The van der Waals surface area contributed by atoms with Gasteiger partial charge in [-0.1, -0.05) is 30.3 Å². The fourth-order valence-electron chi connectivity index (χ4n) is 2.61. The molecule has 3 atom stereocenters. The SMILES string of the molecule is O=C(O)c1ccccc1CC1Nc2ccccc2S(=O)C1O. The predicted octanol–water partition coefficient (Wildman–Crippen LogP) is 1.85. The molecule has 0 radical (unpaired) electrons. The molecule has 0 spiro atoms. The van der Waals surface area contributed by atoms with E-state index < -0.39 is 28.2 Å². The number of aliphatic hydroxyl groups excluding tert-OH is 1. The standard InChI is InChI=1S/C16H15NO4S/c18-15(19)11-6-2-1-5-10(11)9-13-16(20)22(21)14-8-4-3-7-12(14)17-13/h1-8,13,16-17,20H,9H2,(H,18,19). The first-order valence-corrected chi connectivity index (χ1v) is 8.04. The second-order valence-electron chi connectivity index (χ2n) is 5.10. The molecule has 6 heteroatoms. The Bertz CT molecular complexity index is 746. The quantitative estimate of drug-likeness (QED) is 0.804. The van der Waals surface area contributed by atoms with E-state index >= 15 is 0 Å². The Kier molecular flexibility index (Phi) is 3.96. The molecule has 0 saturated carbocycles. The van der Waals surface area contributed by atoms with Crippen molar-refractivity contribution in [2.45, 2.75) is 22.8 Å². The summed E-state index contributed by atoms with van der Waals surface area (Å²) in [6, 6.07) is 13.2. The molecule has 0 bridgehead atoms. The fourth-order valence-corrected chi connectivity index (χ4v) is 3.89. The van der Waals surface area contributed by atoms with Gasteiger partial charge in [0, 0.05) is 0 Å². The zero-order valence-corrected chi connectivity index (χ0v) is 12.4. The Hall–Kier alpha value is -2.18. The number of nitrogens with one attached hydrogen (secondary N) is 1. The molecule has 0 fully saturated rings. The molecule has 114 valence electrons. The van der Waals surface area contributed by atoms with E-state index in [9.17, 15) is 19.2 Å². The number of carbonyl (C=O) groups is 1. The second-order valence-corrected chi connectivity index (χ2v) is 6.62. The smallest absolute Gasteiger partial charge is 0.335 e. The van der Waals surface area contributed by atoms with Gasteiger partial charge in [0.05, 0.1) is 33.0 Å². The second kappa shape index (κ2) is 5.90. The Morgan fingerprint density at radius 2 is 1.82 bits per heavy atom. The van der Waals surface area contributed by atoms with Gasteiger partial charge >= 0.3 is 5.97 Å². The zero-order chi connectivity index (χ0) is 15.7. The molecule has 0 aromatic heterocycles. The van der Waals surface area contributed by atoms with Crippen LogP contribution in [0.1, 0.15) is 15.9 Å². The number of carboxylic acid groups (broad SMARTS) is 1. The summed E-state index contributed by atoms with van der Waals surface area (Å²) in [6.45, 7) is 0. The highest BCUT2D eigenvalue weighted by atomic mass is 32.2. The summed E-state index contributed by atoms with van der Waals surface area (Å²) >= 11 is 0. The largest absolute Gasteiger partial charge is 0.478 e. The first kappa shape index (κ1) is 14.7. The molecule has 0 amide bonds.